The van der Waals surface area contributed by atoms with Gasteiger partial charge < -0.3 is 9.47 Å². The fourth-order valence-electron chi connectivity index (χ4n) is 2.27. The van der Waals surface area contributed by atoms with Crippen molar-refractivity contribution >= 4 is 11.9 Å². The van der Waals surface area contributed by atoms with E-state index in [2.05, 4.69) is 11.3 Å². The Hall–Kier alpha value is -1.53. The first-order valence-electron chi connectivity index (χ1n) is 6.85. The molecule has 7 heteroatoms. The van der Waals surface area contributed by atoms with Gasteiger partial charge in [-0.2, -0.15) is 13.2 Å². The van der Waals surface area contributed by atoms with Crippen LogP contribution in [0.4, 0.5) is 13.2 Å². The third-order valence-corrected chi connectivity index (χ3v) is 3.62. The molecule has 0 N–H and O–H groups in total. The molecule has 0 aliphatic heterocycles. The van der Waals surface area contributed by atoms with Gasteiger partial charge in [0.05, 0.1) is 6.42 Å². The van der Waals surface area contributed by atoms with Gasteiger partial charge in [0.2, 0.25) is 0 Å². The highest BCUT2D eigenvalue weighted by Crippen LogP contribution is 2.36. The van der Waals surface area contributed by atoms with Crippen LogP contribution < -0.4 is 0 Å². The van der Waals surface area contributed by atoms with Gasteiger partial charge in [0, 0.05) is 0 Å². The Morgan fingerprint density at radius 2 is 1.81 bits per heavy atom. The number of alkyl halides is 3. The summed E-state index contributed by atoms with van der Waals surface area (Å²) in [5, 5.41) is 0. The van der Waals surface area contributed by atoms with Crippen LogP contribution >= 0.6 is 0 Å². The number of carbonyl (C=O) groups excluding carboxylic acids is 2. The van der Waals surface area contributed by atoms with Gasteiger partial charge in [-0.3, -0.25) is 4.79 Å². The molecule has 0 spiro atoms. The monoisotopic (exact) mass is 308 g/mol. The lowest BCUT2D eigenvalue weighted by atomic mass is 9.99. The Morgan fingerprint density at radius 1 is 1.24 bits per heavy atom. The summed E-state index contributed by atoms with van der Waals surface area (Å²) in [5.41, 5.74) is -2.05. The third-order valence-electron chi connectivity index (χ3n) is 3.62. The van der Waals surface area contributed by atoms with Gasteiger partial charge in [0.1, 0.15) is 17.8 Å². The zero-order valence-corrected chi connectivity index (χ0v) is 11.9. The molecule has 4 nitrogen and oxygen atoms in total. The van der Waals surface area contributed by atoms with Crippen LogP contribution in [-0.2, 0) is 19.1 Å². The van der Waals surface area contributed by atoms with E-state index in [1.807, 2.05) is 6.92 Å². The molecule has 1 rings (SSSR count). The summed E-state index contributed by atoms with van der Waals surface area (Å²) in [5.74, 6) is -2.13. The highest BCUT2D eigenvalue weighted by molar-refractivity contribution is 5.89. The van der Waals surface area contributed by atoms with Gasteiger partial charge in [-0.15, -0.1) is 0 Å². The SMILES string of the molecule is C=C(C(=O)OCCC(=O)OC1(CC)CCCC1)C(F)(F)F. The van der Waals surface area contributed by atoms with Crippen LogP contribution in [0.15, 0.2) is 12.2 Å². The fourth-order valence-corrected chi connectivity index (χ4v) is 2.27. The molecule has 0 heterocycles. The molecule has 120 valence electrons. The van der Waals surface area contributed by atoms with Crippen molar-refractivity contribution < 1.29 is 32.2 Å². The molecule has 0 atom stereocenters. The van der Waals surface area contributed by atoms with Crippen molar-refractivity contribution in [2.24, 2.45) is 0 Å². The number of rotatable bonds is 6. The minimum atomic E-state index is -4.83. The Labute approximate surface area is 121 Å². The average Bonchev–Trinajstić information content (AvgIpc) is 2.85. The van der Waals surface area contributed by atoms with Crippen molar-refractivity contribution in [3.8, 4) is 0 Å². The summed E-state index contributed by atoms with van der Waals surface area (Å²) in [7, 11) is 0. The first kappa shape index (κ1) is 17.5. The first-order valence-corrected chi connectivity index (χ1v) is 6.85. The minimum absolute atomic E-state index is 0.265. The lowest BCUT2D eigenvalue weighted by Crippen LogP contribution is -2.31. The maximum absolute atomic E-state index is 12.2. The molecule has 0 bridgehead atoms. The van der Waals surface area contributed by atoms with Crippen molar-refractivity contribution in [2.45, 2.75) is 57.2 Å². The molecule has 1 fully saturated rings. The van der Waals surface area contributed by atoms with E-state index in [-0.39, 0.29) is 6.42 Å². The summed E-state index contributed by atoms with van der Waals surface area (Å²) in [6.45, 7) is 4.09. The van der Waals surface area contributed by atoms with Gasteiger partial charge in [0.15, 0.2) is 0 Å². The molecule has 1 aliphatic rings. The second-order valence-electron chi connectivity index (χ2n) is 5.08. The van der Waals surface area contributed by atoms with E-state index in [0.29, 0.717) is 6.42 Å². The van der Waals surface area contributed by atoms with Crippen molar-refractivity contribution in [3.05, 3.63) is 12.2 Å². The van der Waals surface area contributed by atoms with Crippen LogP contribution in [0.25, 0.3) is 0 Å². The van der Waals surface area contributed by atoms with Crippen LogP contribution in [-0.4, -0.2) is 30.3 Å². The summed E-state index contributed by atoms with van der Waals surface area (Å²) in [4.78, 5) is 22.7. The summed E-state index contributed by atoms with van der Waals surface area (Å²) in [6, 6.07) is 0. The molecule has 1 saturated carbocycles. The number of ether oxygens (including phenoxy) is 2. The second kappa shape index (κ2) is 6.95. The smallest absolute Gasteiger partial charge is 0.422 e. The molecule has 21 heavy (non-hydrogen) atoms. The maximum Gasteiger partial charge on any atom is 0.422 e. The normalized spacial score (nSPS) is 17.3. The van der Waals surface area contributed by atoms with E-state index in [4.69, 9.17) is 4.74 Å². The molecule has 1 aliphatic carbocycles. The van der Waals surface area contributed by atoms with Gasteiger partial charge in [-0.05, 0) is 32.1 Å². The van der Waals surface area contributed by atoms with Crippen molar-refractivity contribution in [1.82, 2.24) is 0 Å². The highest BCUT2D eigenvalue weighted by Gasteiger charge is 2.38. The van der Waals surface area contributed by atoms with E-state index >= 15 is 0 Å². The summed E-state index contributed by atoms with van der Waals surface area (Å²) < 4.78 is 46.2. The number of carbonyl (C=O) groups is 2. The van der Waals surface area contributed by atoms with E-state index in [1.165, 1.54) is 0 Å². The van der Waals surface area contributed by atoms with Gasteiger partial charge in [0.25, 0.3) is 0 Å². The topological polar surface area (TPSA) is 52.6 Å². The van der Waals surface area contributed by atoms with Crippen LogP contribution in [0.5, 0.6) is 0 Å². The Kier molecular flexibility index (Phi) is 5.80. The van der Waals surface area contributed by atoms with Crippen LogP contribution in [0, 0.1) is 0 Å². The van der Waals surface area contributed by atoms with Crippen molar-refractivity contribution in [2.75, 3.05) is 6.61 Å². The van der Waals surface area contributed by atoms with Crippen molar-refractivity contribution in [3.63, 3.8) is 0 Å². The lowest BCUT2D eigenvalue weighted by Gasteiger charge is -2.27. The Balaban J connectivity index is 2.34. The Bertz CT molecular complexity index is 409. The Morgan fingerprint density at radius 3 is 2.29 bits per heavy atom. The molecule has 0 aromatic heterocycles. The first-order chi connectivity index (χ1) is 9.70. The van der Waals surface area contributed by atoms with Crippen LogP contribution in [0.3, 0.4) is 0 Å². The number of esters is 2. The van der Waals surface area contributed by atoms with E-state index < -0.39 is 35.9 Å². The molecular weight excluding hydrogens is 289 g/mol. The lowest BCUT2D eigenvalue weighted by molar-refractivity contribution is -0.162. The van der Waals surface area contributed by atoms with Crippen LogP contribution in [0.1, 0.15) is 45.4 Å². The molecule has 0 saturated heterocycles. The van der Waals surface area contributed by atoms with Gasteiger partial charge in [-0.25, -0.2) is 4.79 Å². The van der Waals surface area contributed by atoms with Gasteiger partial charge >= 0.3 is 18.1 Å². The molecule has 0 aromatic carbocycles. The highest BCUT2D eigenvalue weighted by atomic mass is 19.4. The zero-order chi connectivity index (χ0) is 16.1. The van der Waals surface area contributed by atoms with E-state index in [0.717, 1.165) is 25.7 Å². The number of hydrogen-bond acceptors (Lipinski definition) is 4. The van der Waals surface area contributed by atoms with E-state index in [9.17, 15) is 22.8 Å². The maximum atomic E-state index is 12.2. The molecule has 0 aromatic rings. The summed E-state index contributed by atoms with van der Waals surface area (Å²) in [6.07, 6.45) is -0.835. The molecule has 0 radical (unpaired) electrons. The molecule has 0 amide bonds. The van der Waals surface area contributed by atoms with E-state index in [1.54, 1.807) is 0 Å². The minimum Gasteiger partial charge on any atom is -0.461 e. The third kappa shape index (κ3) is 5.06. The zero-order valence-electron chi connectivity index (χ0n) is 11.9. The average molecular weight is 308 g/mol. The van der Waals surface area contributed by atoms with Gasteiger partial charge in [-0.1, -0.05) is 13.5 Å². The number of hydrogen-bond donors (Lipinski definition) is 0. The second-order valence-corrected chi connectivity index (χ2v) is 5.08. The fraction of sp³-hybridized carbons (Fsp3) is 0.714. The molecular formula is C14H19F3O4. The predicted molar refractivity (Wildman–Crippen MR) is 68.4 cm³/mol. The molecule has 0 unspecified atom stereocenters. The van der Waals surface area contributed by atoms with Crippen LogP contribution in [0.2, 0.25) is 0 Å². The quantitative estimate of drug-likeness (QED) is 0.558. The van der Waals surface area contributed by atoms with Crippen molar-refractivity contribution in [1.29, 1.82) is 0 Å². The predicted octanol–water partition coefficient (Wildman–Crippen LogP) is 3.30. The standard InChI is InChI=1S/C14H19F3O4/c1-3-13(7-4-5-8-13)21-11(18)6-9-20-12(19)10(2)14(15,16)17/h2-9H2,1H3. The largest absolute Gasteiger partial charge is 0.461 e. The number of halogens is 3. The summed E-state index contributed by atoms with van der Waals surface area (Å²) >= 11 is 0.